The maximum absolute atomic E-state index is 10.5. The van der Waals surface area contributed by atoms with Gasteiger partial charge in [-0.2, -0.15) is 0 Å². The molecule has 0 unspecified atom stereocenters. The van der Waals surface area contributed by atoms with Gasteiger partial charge in [-0.05, 0) is 38.1 Å². The number of hydrogen-bond donors (Lipinski definition) is 0. The second-order valence-corrected chi connectivity index (χ2v) is 2.75. The van der Waals surface area contributed by atoms with Gasteiger partial charge in [-0.3, -0.25) is 4.79 Å². The van der Waals surface area contributed by atoms with Gasteiger partial charge in [-0.1, -0.05) is 12.2 Å². The normalized spacial score (nSPS) is 10.2. The molecule has 0 atom stereocenters. The van der Waals surface area contributed by atoms with E-state index in [4.69, 9.17) is 0 Å². The van der Waals surface area contributed by atoms with Gasteiger partial charge in [0, 0.05) is 19.4 Å². The summed E-state index contributed by atoms with van der Waals surface area (Å²) < 4.78 is 2.00. The maximum atomic E-state index is 10.5. The Hall–Kier alpha value is -1.57. The largest absolute Gasteiger partial charge is 0.357 e. The molecule has 2 nitrogen and oxygen atoms in total. The number of carbonyl (C=O) groups is 1. The Morgan fingerprint density at radius 3 is 1.71 bits per heavy atom. The van der Waals surface area contributed by atoms with Crippen LogP contribution in [0.1, 0.15) is 13.8 Å². The lowest BCUT2D eigenvalue weighted by atomic mass is 10.3. The van der Waals surface area contributed by atoms with E-state index in [1.54, 1.807) is 12.2 Å². The van der Waals surface area contributed by atoms with Crippen LogP contribution in [0.3, 0.4) is 0 Å². The van der Waals surface area contributed by atoms with Crippen molar-refractivity contribution in [2.45, 2.75) is 13.8 Å². The molecule has 0 aromatic carbocycles. The average Bonchev–Trinajstić information content (AvgIpc) is 2.58. The number of ketones is 1. The number of rotatable bonds is 2. The summed E-state index contributed by atoms with van der Waals surface area (Å²) in [7, 11) is 2.00. The molecule has 1 aromatic heterocycles. The van der Waals surface area contributed by atoms with Gasteiger partial charge in [-0.15, -0.1) is 0 Å². The molecule has 0 saturated heterocycles. The van der Waals surface area contributed by atoms with Crippen molar-refractivity contribution in [1.29, 1.82) is 0 Å². The van der Waals surface area contributed by atoms with Crippen molar-refractivity contribution < 1.29 is 4.79 Å². The number of aryl methyl sites for hydroxylation is 1. The standard InChI is InChI=1S/C7H10O.C5H7N/c1-3-5-7(8)6-4-2;1-6-4-2-3-5-6/h3-6H,1-2H3;2-5H,1H3. The zero-order valence-electron chi connectivity index (χ0n) is 8.97. The summed E-state index contributed by atoms with van der Waals surface area (Å²) in [5.74, 6) is 0.0509. The van der Waals surface area contributed by atoms with Gasteiger partial charge in [0.1, 0.15) is 0 Å². The van der Waals surface area contributed by atoms with E-state index in [9.17, 15) is 4.79 Å². The Bertz CT molecular complexity index is 280. The molecular formula is C12H17NO. The molecule has 1 rings (SSSR count). The van der Waals surface area contributed by atoms with Crippen LogP contribution in [-0.4, -0.2) is 10.4 Å². The van der Waals surface area contributed by atoms with Crippen molar-refractivity contribution in [1.82, 2.24) is 4.57 Å². The molecule has 0 N–H and O–H groups in total. The van der Waals surface area contributed by atoms with Crippen LogP contribution in [0.2, 0.25) is 0 Å². The monoisotopic (exact) mass is 191 g/mol. The SMILES string of the molecule is CC=CC(=O)C=CC.Cn1cccc1. The van der Waals surface area contributed by atoms with Gasteiger partial charge in [-0.25, -0.2) is 0 Å². The van der Waals surface area contributed by atoms with Crippen molar-refractivity contribution in [2.24, 2.45) is 7.05 Å². The molecule has 0 saturated carbocycles. The average molecular weight is 191 g/mol. The molecule has 0 radical (unpaired) electrons. The number of allylic oxidation sites excluding steroid dienone is 4. The molecule has 0 aliphatic carbocycles. The van der Waals surface area contributed by atoms with Crippen LogP contribution in [0, 0.1) is 0 Å². The van der Waals surface area contributed by atoms with Gasteiger partial charge >= 0.3 is 0 Å². The molecule has 2 heteroatoms. The van der Waals surface area contributed by atoms with Gasteiger partial charge in [0.25, 0.3) is 0 Å². The van der Waals surface area contributed by atoms with Crippen LogP contribution in [0.5, 0.6) is 0 Å². The molecule has 0 bridgehead atoms. The molecule has 1 aromatic rings. The van der Waals surface area contributed by atoms with Crippen molar-refractivity contribution in [2.75, 3.05) is 0 Å². The molecule has 0 spiro atoms. The summed E-state index contributed by atoms with van der Waals surface area (Å²) in [6.45, 7) is 3.64. The summed E-state index contributed by atoms with van der Waals surface area (Å²) >= 11 is 0. The molecule has 1 heterocycles. The Morgan fingerprint density at radius 2 is 1.50 bits per heavy atom. The summed E-state index contributed by atoms with van der Waals surface area (Å²) in [5, 5.41) is 0. The predicted octanol–water partition coefficient (Wildman–Crippen LogP) is 2.73. The number of aromatic nitrogens is 1. The van der Waals surface area contributed by atoms with Crippen LogP contribution >= 0.6 is 0 Å². The minimum absolute atomic E-state index is 0.0509. The lowest BCUT2D eigenvalue weighted by Gasteiger charge is -1.79. The van der Waals surface area contributed by atoms with Crippen LogP contribution in [0.4, 0.5) is 0 Å². The Morgan fingerprint density at radius 1 is 1.07 bits per heavy atom. The van der Waals surface area contributed by atoms with E-state index < -0.39 is 0 Å². The van der Waals surface area contributed by atoms with Gasteiger partial charge in [0.2, 0.25) is 0 Å². The molecule has 0 aliphatic rings. The number of hydrogen-bond acceptors (Lipinski definition) is 1. The van der Waals surface area contributed by atoms with Crippen LogP contribution in [0.25, 0.3) is 0 Å². The summed E-state index contributed by atoms with van der Waals surface area (Å²) in [5.41, 5.74) is 0. The topological polar surface area (TPSA) is 22.0 Å². The van der Waals surface area contributed by atoms with E-state index in [0.717, 1.165) is 0 Å². The van der Waals surface area contributed by atoms with Crippen molar-refractivity contribution >= 4 is 5.78 Å². The Labute approximate surface area is 85.6 Å². The van der Waals surface area contributed by atoms with Crippen LogP contribution in [-0.2, 0) is 11.8 Å². The Kier molecular flexibility index (Phi) is 7.15. The molecule has 14 heavy (non-hydrogen) atoms. The van der Waals surface area contributed by atoms with Crippen LogP contribution in [0.15, 0.2) is 48.8 Å². The quantitative estimate of drug-likeness (QED) is 0.659. The second-order valence-electron chi connectivity index (χ2n) is 2.75. The third kappa shape index (κ3) is 7.10. The summed E-state index contributed by atoms with van der Waals surface area (Å²) in [4.78, 5) is 10.5. The third-order valence-corrected chi connectivity index (χ3v) is 1.42. The minimum Gasteiger partial charge on any atom is -0.357 e. The summed E-state index contributed by atoms with van der Waals surface area (Å²) in [6.07, 6.45) is 10.5. The first-order valence-electron chi connectivity index (χ1n) is 4.57. The highest BCUT2D eigenvalue weighted by Gasteiger charge is 1.80. The Balaban J connectivity index is 0.000000249. The first-order chi connectivity index (χ1) is 6.70. The lowest BCUT2D eigenvalue weighted by Crippen LogP contribution is -1.81. The first-order valence-corrected chi connectivity index (χ1v) is 4.57. The van der Waals surface area contributed by atoms with E-state index in [1.807, 2.05) is 50.0 Å². The second kappa shape index (κ2) is 8.05. The molecule has 0 amide bonds. The highest BCUT2D eigenvalue weighted by Crippen LogP contribution is 1.80. The van der Waals surface area contributed by atoms with Gasteiger partial charge < -0.3 is 4.57 Å². The molecule has 0 fully saturated rings. The van der Waals surface area contributed by atoms with Gasteiger partial charge in [0.15, 0.2) is 5.78 Å². The number of nitrogens with zero attached hydrogens (tertiary/aromatic N) is 1. The highest BCUT2D eigenvalue weighted by atomic mass is 16.1. The molecular weight excluding hydrogens is 174 g/mol. The maximum Gasteiger partial charge on any atom is 0.177 e. The zero-order valence-corrected chi connectivity index (χ0v) is 8.97. The molecule has 76 valence electrons. The number of carbonyl (C=O) groups excluding carboxylic acids is 1. The fraction of sp³-hybridized carbons (Fsp3) is 0.250. The van der Waals surface area contributed by atoms with Crippen molar-refractivity contribution in [3.8, 4) is 0 Å². The van der Waals surface area contributed by atoms with Gasteiger partial charge in [0.05, 0.1) is 0 Å². The van der Waals surface area contributed by atoms with E-state index in [-0.39, 0.29) is 5.78 Å². The van der Waals surface area contributed by atoms with E-state index >= 15 is 0 Å². The van der Waals surface area contributed by atoms with E-state index in [2.05, 4.69) is 0 Å². The van der Waals surface area contributed by atoms with Crippen LogP contribution < -0.4 is 0 Å². The zero-order chi connectivity index (χ0) is 10.8. The van der Waals surface area contributed by atoms with E-state index in [0.29, 0.717) is 0 Å². The van der Waals surface area contributed by atoms with Crippen molar-refractivity contribution in [3.63, 3.8) is 0 Å². The first kappa shape index (κ1) is 12.4. The molecule has 0 aliphatic heterocycles. The smallest absolute Gasteiger partial charge is 0.177 e. The highest BCUT2D eigenvalue weighted by molar-refractivity contribution is 5.98. The summed E-state index contributed by atoms with van der Waals surface area (Å²) in [6, 6.07) is 4.00. The van der Waals surface area contributed by atoms with Crippen molar-refractivity contribution in [3.05, 3.63) is 48.8 Å². The fourth-order valence-electron chi connectivity index (χ4n) is 0.805. The fourth-order valence-corrected chi connectivity index (χ4v) is 0.805. The minimum atomic E-state index is 0.0509. The lowest BCUT2D eigenvalue weighted by molar-refractivity contribution is -0.110. The predicted molar refractivity (Wildman–Crippen MR) is 60.0 cm³/mol. The third-order valence-electron chi connectivity index (χ3n) is 1.42. The van der Waals surface area contributed by atoms with E-state index in [1.165, 1.54) is 12.2 Å².